The standard InChI is InChI=1S/C46H44O10/c1-28-45(54-26-30-14-8-4-9-15-30)37(53-25-29-12-6-3-7-13-29)22-36(56-28)33-20-21-35-40(42(33)50)44(52)34-19-18-32(41(49)39(34)43(35)51)23-46(2,24-38(47)48)55-27-31-16-10-5-11-17-31/h3-21,28,36-37,45,49-50H,22-27H2,1-2H3,(H,47,48)/t28-,36-,37-,45-,46-/m1/s1. The molecule has 1 fully saturated rings. The Morgan fingerprint density at radius 2 is 1.23 bits per heavy atom. The van der Waals surface area contributed by atoms with Crippen LogP contribution in [0.25, 0.3) is 0 Å². The van der Waals surface area contributed by atoms with Gasteiger partial charge in [0, 0.05) is 29.5 Å². The van der Waals surface area contributed by atoms with Crippen molar-refractivity contribution < 1.29 is 48.7 Å². The van der Waals surface area contributed by atoms with Crippen LogP contribution in [0, 0.1) is 0 Å². The predicted molar refractivity (Wildman–Crippen MR) is 207 cm³/mol. The maximum atomic E-state index is 14.1. The van der Waals surface area contributed by atoms with E-state index in [1.54, 1.807) is 13.0 Å². The molecular formula is C46H44O10. The van der Waals surface area contributed by atoms with Gasteiger partial charge >= 0.3 is 5.97 Å². The maximum absolute atomic E-state index is 14.1. The van der Waals surface area contributed by atoms with Crippen molar-refractivity contribution in [2.75, 3.05) is 0 Å². The molecule has 0 unspecified atom stereocenters. The molecule has 2 aliphatic rings. The smallest absolute Gasteiger partial charge is 0.306 e. The molecule has 1 aliphatic carbocycles. The Bertz CT molecular complexity index is 2200. The van der Waals surface area contributed by atoms with Crippen LogP contribution in [0.1, 0.15) is 92.5 Å². The van der Waals surface area contributed by atoms with Crippen LogP contribution in [0.3, 0.4) is 0 Å². The average molecular weight is 757 g/mol. The van der Waals surface area contributed by atoms with E-state index in [-0.39, 0.29) is 53.0 Å². The molecule has 0 amide bonds. The molecule has 0 saturated carbocycles. The summed E-state index contributed by atoms with van der Waals surface area (Å²) < 4.78 is 25.4. The van der Waals surface area contributed by atoms with Gasteiger partial charge in [0.25, 0.3) is 0 Å². The van der Waals surface area contributed by atoms with Crippen LogP contribution in [-0.4, -0.2) is 56.8 Å². The third-order valence-corrected chi connectivity index (χ3v) is 10.5. The average Bonchev–Trinajstić information content (AvgIpc) is 3.19. The van der Waals surface area contributed by atoms with E-state index < -0.39 is 53.3 Å². The van der Waals surface area contributed by atoms with E-state index in [2.05, 4.69) is 0 Å². The number of rotatable bonds is 14. The highest BCUT2D eigenvalue weighted by atomic mass is 16.6. The van der Waals surface area contributed by atoms with Gasteiger partial charge in [0.1, 0.15) is 17.6 Å². The first-order valence-corrected chi connectivity index (χ1v) is 18.7. The van der Waals surface area contributed by atoms with Crippen LogP contribution in [0.4, 0.5) is 0 Å². The van der Waals surface area contributed by atoms with E-state index >= 15 is 0 Å². The Morgan fingerprint density at radius 3 is 1.80 bits per heavy atom. The van der Waals surface area contributed by atoms with Gasteiger partial charge in [-0.1, -0.05) is 103 Å². The fourth-order valence-corrected chi connectivity index (χ4v) is 7.66. The minimum Gasteiger partial charge on any atom is -0.507 e. The van der Waals surface area contributed by atoms with Crippen LogP contribution < -0.4 is 0 Å². The highest BCUT2D eigenvalue weighted by molar-refractivity contribution is 6.30. The highest BCUT2D eigenvalue weighted by Gasteiger charge is 2.42. The van der Waals surface area contributed by atoms with E-state index in [1.165, 1.54) is 18.2 Å². The van der Waals surface area contributed by atoms with Crippen molar-refractivity contribution in [1.82, 2.24) is 0 Å². The lowest BCUT2D eigenvalue weighted by molar-refractivity contribution is -0.204. The number of benzene rings is 5. The number of phenolic OH excluding ortho intramolecular Hbond substituents is 2. The number of hydrogen-bond acceptors (Lipinski definition) is 9. The number of ketones is 2. The SMILES string of the molecule is C[C@H]1O[C@@H](c2ccc3c(c2O)C(=O)c2ccc(C[C@](C)(CC(=O)O)OCc4ccccc4)c(O)c2C3=O)C[C@@H](OCc2ccccc2)[C@@H]1OCc1ccccc1. The summed E-state index contributed by atoms with van der Waals surface area (Å²) in [6.07, 6.45) is -2.18. The van der Waals surface area contributed by atoms with Crippen LogP contribution >= 0.6 is 0 Å². The normalized spacial score (nSPS) is 20.2. The lowest BCUT2D eigenvalue weighted by Gasteiger charge is -2.41. The van der Waals surface area contributed by atoms with Crippen molar-refractivity contribution in [3.63, 3.8) is 0 Å². The Balaban J connectivity index is 1.14. The molecule has 0 spiro atoms. The van der Waals surface area contributed by atoms with E-state index in [9.17, 15) is 29.7 Å². The zero-order valence-electron chi connectivity index (χ0n) is 31.2. The second kappa shape index (κ2) is 16.6. The molecule has 0 aromatic heterocycles. The number of carbonyl (C=O) groups excluding carboxylic acids is 2. The number of aromatic hydroxyl groups is 2. The number of hydrogen-bond donors (Lipinski definition) is 3. The minimum absolute atomic E-state index is 0.0511. The molecule has 1 heterocycles. The first kappa shape index (κ1) is 38.6. The Morgan fingerprint density at radius 1 is 0.714 bits per heavy atom. The molecule has 5 aromatic rings. The second-order valence-corrected chi connectivity index (χ2v) is 14.7. The fraction of sp³-hybridized carbons (Fsp3) is 0.283. The minimum atomic E-state index is -1.26. The molecule has 5 aromatic carbocycles. The zero-order chi connectivity index (χ0) is 39.4. The Kier molecular flexibility index (Phi) is 11.5. The Hall–Kier alpha value is -5.65. The molecule has 10 nitrogen and oxygen atoms in total. The van der Waals surface area contributed by atoms with E-state index in [0.717, 1.165) is 16.7 Å². The monoisotopic (exact) mass is 756 g/mol. The van der Waals surface area contributed by atoms with Gasteiger partial charge in [0.2, 0.25) is 0 Å². The van der Waals surface area contributed by atoms with Gasteiger partial charge < -0.3 is 34.3 Å². The molecule has 7 rings (SSSR count). The number of phenols is 2. The number of ether oxygens (including phenoxy) is 4. The first-order valence-electron chi connectivity index (χ1n) is 18.7. The van der Waals surface area contributed by atoms with E-state index in [4.69, 9.17) is 18.9 Å². The third kappa shape index (κ3) is 8.29. The molecule has 288 valence electrons. The van der Waals surface area contributed by atoms with Crippen LogP contribution in [0.5, 0.6) is 11.5 Å². The maximum Gasteiger partial charge on any atom is 0.306 e. The van der Waals surface area contributed by atoms with Crippen molar-refractivity contribution >= 4 is 17.5 Å². The number of fused-ring (bicyclic) bond motifs is 2. The van der Waals surface area contributed by atoms with Gasteiger partial charge in [-0.25, -0.2) is 0 Å². The van der Waals surface area contributed by atoms with Crippen LogP contribution in [-0.2, 0) is 50.0 Å². The molecule has 0 bridgehead atoms. The summed E-state index contributed by atoms with van der Waals surface area (Å²) in [7, 11) is 0. The number of carbonyl (C=O) groups is 3. The first-order chi connectivity index (χ1) is 27.0. The number of carboxylic acids is 1. The molecular weight excluding hydrogens is 712 g/mol. The largest absolute Gasteiger partial charge is 0.507 e. The summed E-state index contributed by atoms with van der Waals surface area (Å²) in [4.78, 5) is 40.1. The Labute approximate surface area is 325 Å². The van der Waals surface area contributed by atoms with Crippen molar-refractivity contribution in [3.05, 3.63) is 165 Å². The number of aliphatic carboxylic acids is 1. The quantitative estimate of drug-likeness (QED) is 0.100. The van der Waals surface area contributed by atoms with Crippen LogP contribution in [0.2, 0.25) is 0 Å². The summed E-state index contributed by atoms with van der Waals surface area (Å²) in [6.45, 7) is 4.33. The summed E-state index contributed by atoms with van der Waals surface area (Å²) in [5.41, 5.74) is 1.65. The number of carboxylic acid groups (broad SMARTS) is 1. The summed E-state index contributed by atoms with van der Waals surface area (Å²) in [5.74, 6) is -3.17. The highest BCUT2D eigenvalue weighted by Crippen LogP contribution is 2.45. The molecule has 1 saturated heterocycles. The van der Waals surface area contributed by atoms with Gasteiger partial charge in [0.15, 0.2) is 11.6 Å². The van der Waals surface area contributed by atoms with Gasteiger partial charge in [-0.15, -0.1) is 0 Å². The topological polar surface area (TPSA) is 149 Å². The molecule has 10 heteroatoms. The lowest BCUT2D eigenvalue weighted by atomic mass is 9.79. The predicted octanol–water partition coefficient (Wildman–Crippen LogP) is 7.89. The molecule has 1 aliphatic heterocycles. The van der Waals surface area contributed by atoms with Gasteiger partial charge in [-0.3, -0.25) is 14.4 Å². The fourth-order valence-electron chi connectivity index (χ4n) is 7.66. The second-order valence-electron chi connectivity index (χ2n) is 14.7. The summed E-state index contributed by atoms with van der Waals surface area (Å²) in [6, 6.07) is 34.8. The van der Waals surface area contributed by atoms with Gasteiger partial charge in [0.05, 0.1) is 61.3 Å². The summed E-state index contributed by atoms with van der Waals surface area (Å²) in [5, 5.41) is 33.0. The lowest BCUT2D eigenvalue weighted by Crippen LogP contribution is -2.47. The molecule has 0 radical (unpaired) electrons. The third-order valence-electron chi connectivity index (χ3n) is 10.5. The van der Waals surface area contributed by atoms with Crippen molar-refractivity contribution in [2.24, 2.45) is 0 Å². The summed E-state index contributed by atoms with van der Waals surface area (Å²) >= 11 is 0. The zero-order valence-corrected chi connectivity index (χ0v) is 31.2. The van der Waals surface area contributed by atoms with Crippen LogP contribution in [0.15, 0.2) is 115 Å². The van der Waals surface area contributed by atoms with Gasteiger partial charge in [-0.2, -0.15) is 0 Å². The van der Waals surface area contributed by atoms with Crippen molar-refractivity contribution in [2.45, 2.75) is 82.9 Å². The van der Waals surface area contributed by atoms with E-state index in [0.29, 0.717) is 25.2 Å². The molecule has 3 N–H and O–H groups in total. The van der Waals surface area contributed by atoms with Crippen molar-refractivity contribution in [1.29, 1.82) is 0 Å². The van der Waals surface area contributed by atoms with Crippen molar-refractivity contribution in [3.8, 4) is 11.5 Å². The molecule has 5 atom stereocenters. The van der Waals surface area contributed by atoms with Gasteiger partial charge in [-0.05, 0) is 48.2 Å². The molecule has 56 heavy (non-hydrogen) atoms. The van der Waals surface area contributed by atoms with E-state index in [1.807, 2.05) is 97.9 Å².